The van der Waals surface area contributed by atoms with Crippen molar-refractivity contribution in [3.63, 3.8) is 0 Å². The highest BCUT2D eigenvalue weighted by Gasteiger charge is 2.54. The second-order valence-electron chi connectivity index (χ2n) is 3.07. The van der Waals surface area contributed by atoms with Crippen molar-refractivity contribution in [2.24, 2.45) is 5.92 Å². The normalized spacial score (nSPS) is 17.6. The molecule has 0 fully saturated rings. The summed E-state index contributed by atoms with van der Waals surface area (Å²) in [6.07, 6.45) is -3.98. The molecule has 0 aliphatic heterocycles. The molecule has 1 N–H and O–H groups in total. The van der Waals surface area contributed by atoms with Crippen LogP contribution >= 0.6 is 0 Å². The largest absolute Gasteiger partial charge is 0.417 e. The molecule has 72 valence electrons. The molecule has 1 unspecified atom stereocenters. The van der Waals surface area contributed by atoms with E-state index in [2.05, 4.69) is 6.58 Å². The molecule has 0 saturated heterocycles. The van der Waals surface area contributed by atoms with E-state index in [1.165, 1.54) is 13.8 Å². The third-order valence-electron chi connectivity index (χ3n) is 1.90. The summed E-state index contributed by atoms with van der Waals surface area (Å²) in [6.45, 7) is 5.84. The van der Waals surface area contributed by atoms with Crippen LogP contribution in [0, 0.1) is 5.92 Å². The Bertz CT molecular complexity index is 162. The maximum Gasteiger partial charge on any atom is 0.417 e. The average Bonchev–Trinajstić information content (AvgIpc) is 1.85. The fraction of sp³-hybridized carbons (Fsp3) is 0.750. The lowest BCUT2D eigenvalue weighted by molar-refractivity contribution is -0.274. The van der Waals surface area contributed by atoms with Gasteiger partial charge in [-0.2, -0.15) is 13.2 Å². The van der Waals surface area contributed by atoms with E-state index in [9.17, 15) is 18.3 Å². The maximum absolute atomic E-state index is 12.2. The van der Waals surface area contributed by atoms with Gasteiger partial charge in [0.2, 0.25) is 0 Å². The Labute approximate surface area is 69.9 Å². The van der Waals surface area contributed by atoms with Crippen LogP contribution in [0.2, 0.25) is 0 Å². The third-order valence-corrected chi connectivity index (χ3v) is 1.90. The Morgan fingerprint density at radius 2 is 1.83 bits per heavy atom. The highest BCUT2D eigenvalue weighted by atomic mass is 19.4. The van der Waals surface area contributed by atoms with E-state index in [1.807, 2.05) is 0 Å². The first-order chi connectivity index (χ1) is 5.25. The Hall–Kier alpha value is -0.510. The topological polar surface area (TPSA) is 20.2 Å². The predicted molar refractivity (Wildman–Crippen MR) is 40.7 cm³/mol. The SMILES string of the molecule is C=CCC(O)(C(C)C)C(F)(F)F. The average molecular weight is 182 g/mol. The minimum Gasteiger partial charge on any atom is -0.380 e. The summed E-state index contributed by atoms with van der Waals surface area (Å²) in [6, 6.07) is 0. The van der Waals surface area contributed by atoms with Crippen LogP contribution in [0.25, 0.3) is 0 Å². The molecule has 0 aliphatic carbocycles. The molecule has 0 rings (SSSR count). The number of halogens is 3. The van der Waals surface area contributed by atoms with Crippen molar-refractivity contribution in [1.29, 1.82) is 0 Å². The molecular formula is C8H13F3O. The van der Waals surface area contributed by atoms with Gasteiger partial charge in [-0.25, -0.2) is 0 Å². The summed E-state index contributed by atoms with van der Waals surface area (Å²) in [4.78, 5) is 0. The summed E-state index contributed by atoms with van der Waals surface area (Å²) < 4.78 is 36.7. The van der Waals surface area contributed by atoms with Crippen LogP contribution in [-0.4, -0.2) is 16.9 Å². The molecule has 12 heavy (non-hydrogen) atoms. The monoisotopic (exact) mass is 182 g/mol. The highest BCUT2D eigenvalue weighted by Crippen LogP contribution is 2.38. The predicted octanol–water partition coefficient (Wildman–Crippen LogP) is 2.51. The van der Waals surface area contributed by atoms with Crippen molar-refractivity contribution < 1.29 is 18.3 Å². The van der Waals surface area contributed by atoms with Gasteiger partial charge in [0, 0.05) is 6.42 Å². The first kappa shape index (κ1) is 11.5. The molecule has 0 amide bonds. The standard InChI is InChI=1S/C8H13F3O/c1-4-5-7(12,6(2)3)8(9,10)11/h4,6,12H,1,5H2,2-3H3. The van der Waals surface area contributed by atoms with Gasteiger partial charge < -0.3 is 5.11 Å². The van der Waals surface area contributed by atoms with E-state index >= 15 is 0 Å². The van der Waals surface area contributed by atoms with E-state index in [0.717, 1.165) is 6.08 Å². The first-order valence-corrected chi connectivity index (χ1v) is 3.65. The van der Waals surface area contributed by atoms with E-state index in [4.69, 9.17) is 0 Å². The molecule has 1 nitrogen and oxygen atoms in total. The van der Waals surface area contributed by atoms with E-state index in [-0.39, 0.29) is 0 Å². The number of rotatable bonds is 3. The van der Waals surface area contributed by atoms with Crippen LogP contribution in [0.15, 0.2) is 12.7 Å². The van der Waals surface area contributed by atoms with Crippen LogP contribution in [0.4, 0.5) is 13.2 Å². The Morgan fingerprint density at radius 1 is 1.42 bits per heavy atom. The van der Waals surface area contributed by atoms with Crippen molar-refractivity contribution >= 4 is 0 Å². The number of alkyl halides is 3. The highest BCUT2D eigenvalue weighted by molar-refractivity contribution is 4.94. The Morgan fingerprint density at radius 3 is 1.92 bits per heavy atom. The van der Waals surface area contributed by atoms with Gasteiger partial charge in [0.05, 0.1) is 0 Å². The van der Waals surface area contributed by atoms with E-state index < -0.39 is 24.1 Å². The van der Waals surface area contributed by atoms with Crippen molar-refractivity contribution in [2.45, 2.75) is 32.0 Å². The fourth-order valence-electron chi connectivity index (χ4n) is 0.899. The molecule has 0 aromatic carbocycles. The summed E-state index contributed by atoms with van der Waals surface area (Å²) in [7, 11) is 0. The van der Waals surface area contributed by atoms with Crippen molar-refractivity contribution in [2.75, 3.05) is 0 Å². The lowest BCUT2D eigenvalue weighted by Gasteiger charge is -2.33. The lowest BCUT2D eigenvalue weighted by atomic mass is 9.86. The van der Waals surface area contributed by atoms with Crippen molar-refractivity contribution in [1.82, 2.24) is 0 Å². The van der Waals surface area contributed by atoms with Gasteiger partial charge in [-0.1, -0.05) is 19.9 Å². The quantitative estimate of drug-likeness (QED) is 0.665. The maximum atomic E-state index is 12.2. The van der Waals surface area contributed by atoms with Gasteiger partial charge in [0.1, 0.15) is 0 Å². The van der Waals surface area contributed by atoms with Crippen LogP contribution in [0.1, 0.15) is 20.3 Å². The molecule has 1 atom stereocenters. The van der Waals surface area contributed by atoms with Crippen LogP contribution in [0.5, 0.6) is 0 Å². The molecule has 0 bridgehead atoms. The first-order valence-electron chi connectivity index (χ1n) is 3.65. The Kier molecular flexibility index (Phi) is 3.33. The van der Waals surface area contributed by atoms with Gasteiger partial charge in [-0.3, -0.25) is 0 Å². The number of hydrogen-bond acceptors (Lipinski definition) is 1. The van der Waals surface area contributed by atoms with E-state index in [1.54, 1.807) is 0 Å². The fourth-order valence-corrected chi connectivity index (χ4v) is 0.899. The minimum absolute atomic E-state index is 0.464. The summed E-state index contributed by atoms with van der Waals surface area (Å²) >= 11 is 0. The van der Waals surface area contributed by atoms with Gasteiger partial charge in [-0.05, 0) is 5.92 Å². The van der Waals surface area contributed by atoms with Crippen LogP contribution < -0.4 is 0 Å². The molecule has 0 aromatic heterocycles. The number of aliphatic hydroxyl groups is 1. The molecule has 0 radical (unpaired) electrons. The molecule has 4 heteroatoms. The molecular weight excluding hydrogens is 169 g/mol. The van der Waals surface area contributed by atoms with Crippen molar-refractivity contribution in [3.05, 3.63) is 12.7 Å². The molecule has 0 saturated carbocycles. The van der Waals surface area contributed by atoms with Gasteiger partial charge >= 0.3 is 6.18 Å². The molecule has 0 heterocycles. The van der Waals surface area contributed by atoms with Crippen LogP contribution in [0.3, 0.4) is 0 Å². The molecule has 0 aromatic rings. The second kappa shape index (κ2) is 3.47. The lowest BCUT2D eigenvalue weighted by Crippen LogP contribution is -2.49. The van der Waals surface area contributed by atoms with Crippen LogP contribution in [-0.2, 0) is 0 Å². The molecule has 0 aliphatic rings. The minimum atomic E-state index is -4.59. The van der Waals surface area contributed by atoms with Crippen molar-refractivity contribution in [3.8, 4) is 0 Å². The zero-order valence-corrected chi connectivity index (χ0v) is 7.15. The summed E-state index contributed by atoms with van der Waals surface area (Å²) in [5.74, 6) is -0.865. The van der Waals surface area contributed by atoms with E-state index in [0.29, 0.717) is 0 Å². The van der Waals surface area contributed by atoms with Gasteiger partial charge in [0.25, 0.3) is 0 Å². The second-order valence-corrected chi connectivity index (χ2v) is 3.07. The summed E-state index contributed by atoms with van der Waals surface area (Å²) in [5, 5.41) is 9.23. The molecule has 0 spiro atoms. The van der Waals surface area contributed by atoms with Gasteiger partial charge in [-0.15, -0.1) is 6.58 Å². The Balaban J connectivity index is 4.73. The van der Waals surface area contributed by atoms with Gasteiger partial charge in [0.15, 0.2) is 5.60 Å². The summed E-state index contributed by atoms with van der Waals surface area (Å²) in [5.41, 5.74) is -2.63. The smallest absolute Gasteiger partial charge is 0.380 e. The number of hydrogen-bond donors (Lipinski definition) is 1. The zero-order chi connectivity index (χ0) is 9.99. The zero-order valence-electron chi connectivity index (χ0n) is 7.15. The third kappa shape index (κ3) is 2.00.